The van der Waals surface area contributed by atoms with Gasteiger partial charge in [0.05, 0.1) is 17.1 Å². The number of nitrogens with one attached hydrogen (secondary N) is 1. The highest BCUT2D eigenvalue weighted by Crippen LogP contribution is 2.28. The molecule has 2 aliphatic rings. The van der Waals surface area contributed by atoms with Crippen LogP contribution >= 0.6 is 0 Å². The quantitative estimate of drug-likeness (QED) is 0.624. The third-order valence-corrected chi connectivity index (χ3v) is 7.15. The molecule has 170 valence electrons. The molecule has 3 aromatic heterocycles. The van der Waals surface area contributed by atoms with Crippen LogP contribution in [0.2, 0.25) is 0 Å². The zero-order valence-electron chi connectivity index (χ0n) is 18.9. The predicted molar refractivity (Wildman–Crippen MR) is 123 cm³/mol. The van der Waals surface area contributed by atoms with Crippen LogP contribution in [0.4, 0.5) is 0 Å². The molecule has 32 heavy (non-hydrogen) atoms. The Morgan fingerprint density at radius 1 is 1.19 bits per heavy atom. The Morgan fingerprint density at radius 2 is 2.06 bits per heavy atom. The number of hydrogen-bond donors (Lipinski definition) is 1. The van der Waals surface area contributed by atoms with Crippen LogP contribution in [0.3, 0.4) is 0 Å². The minimum atomic E-state index is -0.136. The predicted octanol–water partition coefficient (Wildman–Crippen LogP) is 4.32. The third kappa shape index (κ3) is 4.58. The molecule has 3 aromatic rings. The average molecular weight is 436 g/mol. The number of aromatic nitrogens is 3. The Balaban J connectivity index is 1.20. The number of carbonyl (C=O) groups excluding carboxylic acids is 1. The van der Waals surface area contributed by atoms with Crippen molar-refractivity contribution in [3.8, 4) is 0 Å². The smallest absolute Gasteiger partial charge is 0.289 e. The molecule has 1 amide bonds. The van der Waals surface area contributed by atoms with E-state index in [0.717, 1.165) is 56.1 Å². The van der Waals surface area contributed by atoms with Gasteiger partial charge in [-0.05, 0) is 57.2 Å². The van der Waals surface area contributed by atoms with E-state index in [4.69, 9.17) is 9.51 Å². The lowest BCUT2D eigenvalue weighted by Gasteiger charge is -2.31. The van der Waals surface area contributed by atoms with Crippen LogP contribution in [0.25, 0.3) is 5.65 Å². The largest absolute Gasteiger partial charge is 0.351 e. The van der Waals surface area contributed by atoms with Crippen molar-refractivity contribution < 1.29 is 9.32 Å². The molecule has 7 nitrogen and oxygen atoms in total. The molecule has 1 saturated heterocycles. The minimum Gasteiger partial charge on any atom is -0.351 e. The second kappa shape index (κ2) is 9.45. The number of piperidine rings is 1. The molecule has 1 saturated carbocycles. The van der Waals surface area contributed by atoms with Crippen LogP contribution in [0.15, 0.2) is 35.0 Å². The molecule has 1 aliphatic carbocycles. The summed E-state index contributed by atoms with van der Waals surface area (Å²) in [5.41, 5.74) is 4.21. The maximum Gasteiger partial charge on any atom is 0.289 e. The summed E-state index contributed by atoms with van der Waals surface area (Å²) >= 11 is 0. The number of likely N-dealkylation sites (tertiary alicyclic amines) is 1. The number of nitrogens with zero attached hydrogens (tertiary/aromatic N) is 4. The summed E-state index contributed by atoms with van der Waals surface area (Å²) in [6.07, 6.45) is 10.6. The second-order valence-electron chi connectivity index (χ2n) is 9.48. The van der Waals surface area contributed by atoms with Crippen molar-refractivity contribution in [3.05, 3.63) is 53.3 Å². The van der Waals surface area contributed by atoms with Crippen molar-refractivity contribution in [2.75, 3.05) is 19.6 Å². The van der Waals surface area contributed by atoms with Gasteiger partial charge in [-0.3, -0.25) is 9.69 Å². The summed E-state index contributed by atoms with van der Waals surface area (Å²) in [6, 6.07) is 7.97. The van der Waals surface area contributed by atoms with Crippen molar-refractivity contribution in [2.24, 2.45) is 5.92 Å². The molecular formula is C25H33N5O2. The van der Waals surface area contributed by atoms with Gasteiger partial charge in [-0.25, -0.2) is 4.98 Å². The fourth-order valence-corrected chi connectivity index (χ4v) is 5.31. The summed E-state index contributed by atoms with van der Waals surface area (Å²) in [5.74, 6) is 1.09. The molecule has 0 spiro atoms. The van der Waals surface area contributed by atoms with Gasteiger partial charge >= 0.3 is 0 Å². The van der Waals surface area contributed by atoms with E-state index < -0.39 is 0 Å². The van der Waals surface area contributed by atoms with Crippen molar-refractivity contribution in [3.63, 3.8) is 0 Å². The fraction of sp³-hybridized carbons (Fsp3) is 0.560. The van der Waals surface area contributed by atoms with Crippen LogP contribution in [0.1, 0.15) is 78.5 Å². The van der Waals surface area contributed by atoms with E-state index in [-0.39, 0.29) is 11.8 Å². The Bertz CT molecular complexity index is 1070. The maximum absolute atomic E-state index is 12.6. The number of rotatable bonds is 6. The standard InChI is InChI=1S/C25H33N5O2/c1-18-22(30-13-6-5-11-24(30)27-18)17-29-12-7-10-20(16-29)21-14-23(32-28-21)25(31)26-15-19-8-3-2-4-9-19/h5-6,11,13-14,19-20H,2-4,7-10,12,15-17H2,1H3,(H,26,31). The third-order valence-electron chi connectivity index (χ3n) is 7.15. The number of carbonyl (C=O) groups is 1. The van der Waals surface area contributed by atoms with E-state index in [1.165, 1.54) is 37.8 Å². The first kappa shape index (κ1) is 21.2. The molecule has 4 heterocycles. The number of imidazole rings is 1. The molecule has 0 radical (unpaired) electrons. The van der Waals surface area contributed by atoms with E-state index in [2.05, 4.69) is 32.9 Å². The molecule has 1 aliphatic heterocycles. The van der Waals surface area contributed by atoms with E-state index >= 15 is 0 Å². The molecule has 1 unspecified atom stereocenters. The average Bonchev–Trinajstić information content (AvgIpc) is 3.44. The minimum absolute atomic E-state index is 0.136. The fourth-order valence-electron chi connectivity index (χ4n) is 5.31. The second-order valence-corrected chi connectivity index (χ2v) is 9.48. The Hall–Kier alpha value is -2.67. The van der Waals surface area contributed by atoms with Crippen LogP contribution in [-0.2, 0) is 6.54 Å². The van der Waals surface area contributed by atoms with Gasteiger partial charge in [-0.2, -0.15) is 0 Å². The van der Waals surface area contributed by atoms with Crippen LogP contribution in [-0.4, -0.2) is 45.0 Å². The van der Waals surface area contributed by atoms with Crippen molar-refractivity contribution in [1.82, 2.24) is 24.8 Å². The van der Waals surface area contributed by atoms with Gasteiger partial charge in [0, 0.05) is 37.8 Å². The summed E-state index contributed by atoms with van der Waals surface area (Å²) in [5, 5.41) is 7.33. The zero-order valence-corrected chi connectivity index (χ0v) is 18.9. The molecule has 2 fully saturated rings. The number of fused-ring (bicyclic) bond motifs is 1. The van der Waals surface area contributed by atoms with Gasteiger partial charge in [0.15, 0.2) is 0 Å². The summed E-state index contributed by atoms with van der Waals surface area (Å²) in [7, 11) is 0. The lowest BCUT2D eigenvalue weighted by atomic mass is 9.89. The molecule has 7 heteroatoms. The Morgan fingerprint density at radius 3 is 2.94 bits per heavy atom. The number of amides is 1. The van der Waals surface area contributed by atoms with Gasteiger partial charge in [0.1, 0.15) is 5.65 Å². The molecule has 1 N–H and O–H groups in total. The van der Waals surface area contributed by atoms with Crippen LogP contribution < -0.4 is 5.32 Å². The van der Waals surface area contributed by atoms with E-state index in [1.54, 1.807) is 0 Å². The molecule has 0 bridgehead atoms. The molecular weight excluding hydrogens is 402 g/mol. The molecule has 0 aromatic carbocycles. The highest BCUT2D eigenvalue weighted by atomic mass is 16.5. The zero-order chi connectivity index (χ0) is 21.9. The first-order valence-electron chi connectivity index (χ1n) is 12.1. The first-order valence-corrected chi connectivity index (χ1v) is 12.1. The van der Waals surface area contributed by atoms with Gasteiger partial charge in [0.2, 0.25) is 5.76 Å². The highest BCUT2D eigenvalue weighted by molar-refractivity contribution is 5.91. The molecule has 5 rings (SSSR count). The van der Waals surface area contributed by atoms with Gasteiger partial charge in [0.25, 0.3) is 5.91 Å². The normalized spacial score (nSPS) is 20.6. The maximum atomic E-state index is 12.6. The summed E-state index contributed by atoms with van der Waals surface area (Å²) < 4.78 is 7.63. The number of hydrogen-bond acceptors (Lipinski definition) is 5. The SMILES string of the molecule is Cc1nc2ccccn2c1CN1CCCC(c2cc(C(=O)NCC3CCCCC3)on2)C1. The van der Waals surface area contributed by atoms with Gasteiger partial charge in [-0.1, -0.05) is 30.5 Å². The monoisotopic (exact) mass is 435 g/mol. The molecule has 1 atom stereocenters. The lowest BCUT2D eigenvalue weighted by Crippen LogP contribution is -2.34. The number of aryl methyl sites for hydroxylation is 1. The van der Waals surface area contributed by atoms with Gasteiger partial charge in [-0.15, -0.1) is 0 Å². The Labute approximate surface area is 189 Å². The van der Waals surface area contributed by atoms with Gasteiger partial charge < -0.3 is 14.2 Å². The summed E-state index contributed by atoms with van der Waals surface area (Å²) in [4.78, 5) is 19.7. The van der Waals surface area contributed by atoms with E-state index in [9.17, 15) is 4.79 Å². The summed E-state index contributed by atoms with van der Waals surface area (Å²) in [6.45, 7) is 5.65. The van der Waals surface area contributed by atoms with Crippen molar-refractivity contribution in [1.29, 1.82) is 0 Å². The van der Waals surface area contributed by atoms with E-state index in [0.29, 0.717) is 11.7 Å². The highest BCUT2D eigenvalue weighted by Gasteiger charge is 2.26. The number of pyridine rings is 1. The van der Waals surface area contributed by atoms with Crippen LogP contribution in [0, 0.1) is 12.8 Å². The van der Waals surface area contributed by atoms with E-state index in [1.807, 2.05) is 24.3 Å². The lowest BCUT2D eigenvalue weighted by molar-refractivity contribution is 0.0906. The van der Waals surface area contributed by atoms with Crippen molar-refractivity contribution in [2.45, 2.75) is 64.3 Å². The topological polar surface area (TPSA) is 75.7 Å². The first-order chi connectivity index (χ1) is 15.7. The van der Waals surface area contributed by atoms with Crippen LogP contribution in [0.5, 0.6) is 0 Å². The Kier molecular flexibility index (Phi) is 6.26. The van der Waals surface area contributed by atoms with Crippen molar-refractivity contribution >= 4 is 11.6 Å².